The Hall–Kier alpha value is -1.67. The van der Waals surface area contributed by atoms with Crippen LogP contribution in [0.3, 0.4) is 0 Å². The lowest BCUT2D eigenvalue weighted by atomic mass is 10.0. The molecule has 278 valence electrons. The maximum Gasteiger partial charge on any atom is 0.362 e. The van der Waals surface area contributed by atoms with Gasteiger partial charge in [-0.3, -0.25) is 9.59 Å². The van der Waals surface area contributed by atoms with E-state index in [4.69, 9.17) is 14.2 Å². The summed E-state index contributed by atoms with van der Waals surface area (Å²) in [5, 5.41) is 9.56. The van der Waals surface area contributed by atoms with Crippen molar-refractivity contribution < 1.29 is 38.2 Å². The number of carboxylic acids is 1. The van der Waals surface area contributed by atoms with Crippen molar-refractivity contribution in [3.8, 4) is 0 Å². The van der Waals surface area contributed by atoms with Crippen LogP contribution in [0, 0.1) is 0 Å². The van der Waals surface area contributed by atoms with Crippen molar-refractivity contribution in [3.05, 3.63) is 0 Å². The highest BCUT2D eigenvalue weighted by atomic mass is 16.6. The molecule has 0 rings (SSSR count). The van der Waals surface area contributed by atoms with Crippen LogP contribution in [0.2, 0.25) is 0 Å². The molecule has 8 nitrogen and oxygen atoms in total. The standard InChI is InChI=1S/C39H75NO7/c1-6-8-10-12-14-15-16-17-18-19-20-21-22-23-24-26-28-30-38(42)47-35(33-45-32-31-36(39(43)44)40(3,4)5)34-46-37(41)29-27-25-13-11-9-7-2/h35-36H,6-34H2,1-5H3/p+1. The van der Waals surface area contributed by atoms with Crippen molar-refractivity contribution in [2.45, 2.75) is 193 Å². The number of hydrogen-bond acceptors (Lipinski definition) is 6. The van der Waals surface area contributed by atoms with Gasteiger partial charge in [-0.1, -0.05) is 149 Å². The Morgan fingerprint density at radius 2 is 0.936 bits per heavy atom. The summed E-state index contributed by atoms with van der Waals surface area (Å²) in [6.45, 7) is 4.69. The minimum absolute atomic E-state index is 0.0445. The van der Waals surface area contributed by atoms with Crippen molar-refractivity contribution in [1.29, 1.82) is 0 Å². The Kier molecular flexibility index (Phi) is 30.5. The number of aliphatic carboxylic acids is 1. The van der Waals surface area contributed by atoms with E-state index in [0.29, 0.717) is 19.3 Å². The fraction of sp³-hybridized carbons (Fsp3) is 0.923. The second kappa shape index (κ2) is 31.6. The highest BCUT2D eigenvalue weighted by Gasteiger charge is 2.31. The lowest BCUT2D eigenvalue weighted by molar-refractivity contribution is -0.887. The van der Waals surface area contributed by atoms with Gasteiger partial charge < -0.3 is 23.8 Å². The third-order valence-electron chi connectivity index (χ3n) is 9.01. The Morgan fingerprint density at radius 1 is 0.553 bits per heavy atom. The normalized spacial score (nSPS) is 13.0. The summed E-state index contributed by atoms with van der Waals surface area (Å²) in [6, 6.07) is -0.606. The van der Waals surface area contributed by atoms with Crippen molar-refractivity contribution in [2.75, 3.05) is 41.0 Å². The van der Waals surface area contributed by atoms with Gasteiger partial charge in [-0.25, -0.2) is 4.79 Å². The van der Waals surface area contributed by atoms with Crippen LogP contribution in [0.1, 0.15) is 181 Å². The first-order valence-electron chi connectivity index (χ1n) is 19.6. The largest absolute Gasteiger partial charge is 0.477 e. The van der Waals surface area contributed by atoms with Crippen LogP contribution < -0.4 is 0 Å². The Balaban J connectivity index is 4.24. The predicted molar refractivity (Wildman–Crippen MR) is 193 cm³/mol. The summed E-state index contributed by atoms with van der Waals surface area (Å²) in [6.07, 6.45) is 28.8. The van der Waals surface area contributed by atoms with Crippen molar-refractivity contribution in [1.82, 2.24) is 0 Å². The lowest BCUT2D eigenvalue weighted by Crippen LogP contribution is -2.50. The lowest BCUT2D eigenvalue weighted by Gasteiger charge is -2.31. The molecule has 0 bridgehead atoms. The van der Waals surface area contributed by atoms with Gasteiger partial charge in [0.25, 0.3) is 0 Å². The van der Waals surface area contributed by atoms with Gasteiger partial charge in [0.15, 0.2) is 12.1 Å². The minimum Gasteiger partial charge on any atom is -0.477 e. The van der Waals surface area contributed by atoms with Crippen molar-refractivity contribution >= 4 is 17.9 Å². The molecule has 0 saturated carbocycles. The van der Waals surface area contributed by atoms with E-state index in [1.165, 1.54) is 109 Å². The van der Waals surface area contributed by atoms with Gasteiger partial charge in [-0.15, -0.1) is 0 Å². The van der Waals surface area contributed by atoms with E-state index < -0.39 is 18.1 Å². The van der Waals surface area contributed by atoms with Gasteiger partial charge in [-0.2, -0.15) is 0 Å². The summed E-state index contributed by atoms with van der Waals surface area (Å²) in [7, 11) is 5.52. The molecule has 2 unspecified atom stereocenters. The van der Waals surface area contributed by atoms with E-state index in [2.05, 4.69) is 13.8 Å². The summed E-state index contributed by atoms with van der Waals surface area (Å²) in [5.74, 6) is -1.46. The third-order valence-corrected chi connectivity index (χ3v) is 9.01. The molecule has 0 aliphatic heterocycles. The highest BCUT2D eigenvalue weighted by molar-refractivity contribution is 5.72. The number of likely N-dealkylation sites (N-methyl/N-ethyl adjacent to an activating group) is 1. The van der Waals surface area contributed by atoms with E-state index in [1.54, 1.807) is 0 Å². The fourth-order valence-electron chi connectivity index (χ4n) is 5.91. The zero-order valence-electron chi connectivity index (χ0n) is 31.5. The summed E-state index contributed by atoms with van der Waals surface area (Å²) in [4.78, 5) is 36.6. The summed E-state index contributed by atoms with van der Waals surface area (Å²) < 4.78 is 17.1. The molecule has 0 amide bonds. The molecule has 2 atom stereocenters. The summed E-state index contributed by atoms with van der Waals surface area (Å²) >= 11 is 0. The van der Waals surface area contributed by atoms with E-state index in [-0.39, 0.29) is 36.2 Å². The first-order valence-corrected chi connectivity index (χ1v) is 19.6. The molecule has 1 N–H and O–H groups in total. The van der Waals surface area contributed by atoms with Gasteiger partial charge >= 0.3 is 17.9 Å². The molecule has 0 heterocycles. The number of carboxylic acid groups (broad SMARTS) is 1. The third kappa shape index (κ3) is 30.1. The Labute approximate surface area is 289 Å². The van der Waals surface area contributed by atoms with Crippen LogP contribution in [0.4, 0.5) is 0 Å². The fourth-order valence-corrected chi connectivity index (χ4v) is 5.91. The molecule has 0 aromatic carbocycles. The second-order valence-electron chi connectivity index (χ2n) is 14.6. The number of unbranched alkanes of at least 4 members (excludes halogenated alkanes) is 21. The number of carbonyl (C=O) groups is 3. The predicted octanol–water partition coefficient (Wildman–Crippen LogP) is 9.80. The van der Waals surface area contributed by atoms with E-state index in [0.717, 1.165) is 38.5 Å². The second-order valence-corrected chi connectivity index (χ2v) is 14.6. The molecule has 0 aliphatic rings. The zero-order chi connectivity index (χ0) is 35.0. The number of nitrogens with zero attached hydrogens (tertiary/aromatic N) is 1. The molecule has 0 spiro atoms. The average Bonchev–Trinajstić information content (AvgIpc) is 3.01. The number of quaternary nitrogens is 1. The molecular weight excluding hydrogens is 594 g/mol. The molecular formula is C39H76NO7+. The van der Waals surface area contributed by atoms with E-state index in [9.17, 15) is 19.5 Å². The molecule has 0 aromatic rings. The highest BCUT2D eigenvalue weighted by Crippen LogP contribution is 2.15. The van der Waals surface area contributed by atoms with Gasteiger partial charge in [-0.05, 0) is 12.8 Å². The molecule has 0 saturated heterocycles. The van der Waals surface area contributed by atoms with Crippen LogP contribution in [0.25, 0.3) is 0 Å². The number of ether oxygens (including phenoxy) is 3. The molecule has 0 fully saturated rings. The van der Waals surface area contributed by atoms with Gasteiger partial charge in [0.1, 0.15) is 6.61 Å². The van der Waals surface area contributed by atoms with Crippen LogP contribution in [0.15, 0.2) is 0 Å². The van der Waals surface area contributed by atoms with Crippen LogP contribution in [-0.4, -0.2) is 80.6 Å². The average molecular weight is 671 g/mol. The Bertz CT molecular complexity index is 752. The van der Waals surface area contributed by atoms with Crippen LogP contribution >= 0.6 is 0 Å². The number of rotatable bonds is 35. The maximum absolute atomic E-state index is 12.6. The summed E-state index contributed by atoms with van der Waals surface area (Å²) in [5.41, 5.74) is 0. The number of esters is 2. The number of carbonyl (C=O) groups excluding carboxylic acids is 2. The zero-order valence-corrected chi connectivity index (χ0v) is 31.5. The first kappa shape index (κ1) is 45.3. The molecule has 0 radical (unpaired) electrons. The monoisotopic (exact) mass is 671 g/mol. The van der Waals surface area contributed by atoms with Crippen molar-refractivity contribution in [3.63, 3.8) is 0 Å². The maximum atomic E-state index is 12.6. The minimum atomic E-state index is -0.873. The first-order chi connectivity index (χ1) is 22.6. The van der Waals surface area contributed by atoms with E-state index in [1.807, 2.05) is 21.1 Å². The van der Waals surface area contributed by atoms with Crippen LogP contribution in [-0.2, 0) is 28.6 Å². The van der Waals surface area contributed by atoms with Crippen LogP contribution in [0.5, 0.6) is 0 Å². The smallest absolute Gasteiger partial charge is 0.362 e. The topological polar surface area (TPSA) is 99.1 Å². The Morgan fingerprint density at radius 3 is 1.32 bits per heavy atom. The van der Waals surface area contributed by atoms with Crippen molar-refractivity contribution in [2.24, 2.45) is 0 Å². The molecule has 47 heavy (non-hydrogen) atoms. The van der Waals surface area contributed by atoms with Gasteiger partial charge in [0, 0.05) is 19.3 Å². The molecule has 0 aliphatic carbocycles. The quantitative estimate of drug-likeness (QED) is 0.0407. The van der Waals surface area contributed by atoms with E-state index >= 15 is 0 Å². The molecule has 8 heteroatoms. The molecule has 0 aromatic heterocycles. The van der Waals surface area contributed by atoms with Gasteiger partial charge in [0.05, 0.1) is 34.4 Å². The SMILES string of the molecule is CCCCCCCCCCCCCCCCCCCC(=O)OC(COCCC(C(=O)O)[N+](C)(C)C)COC(=O)CCCCCCCC. The van der Waals surface area contributed by atoms with Gasteiger partial charge in [0.2, 0.25) is 0 Å². The number of hydrogen-bond donors (Lipinski definition) is 1.